The average Bonchev–Trinajstić information content (AvgIpc) is 3.77. The Morgan fingerprint density at radius 1 is 0.206 bits per heavy atom. The minimum absolute atomic E-state index is 0.947. The summed E-state index contributed by atoms with van der Waals surface area (Å²) in [5, 5.41) is 22.0. The monoisotopic (exact) mass is 796 g/mol. The molecule has 0 aliphatic rings. The lowest BCUT2D eigenvalue weighted by Crippen LogP contribution is -1.91. The molecule has 0 saturated heterocycles. The van der Waals surface area contributed by atoms with Crippen molar-refractivity contribution in [3.63, 3.8) is 0 Å². The van der Waals surface area contributed by atoms with Gasteiger partial charge in [-0.2, -0.15) is 0 Å². The fraction of sp³-hybridized carbons (Fsp3) is 0. The maximum Gasteiger partial charge on any atom is 0.143 e. The molecule has 0 aliphatic carbocycles. The second kappa shape index (κ2) is 13.1. The molecule has 0 spiro atoms. The predicted molar refractivity (Wildman–Crippen MR) is 270 cm³/mol. The molecule has 13 aromatic carbocycles. The molecule has 0 radical (unpaired) electrons. The highest BCUT2D eigenvalue weighted by Crippen LogP contribution is 2.48. The summed E-state index contributed by atoms with van der Waals surface area (Å²) < 4.78 is 7.04. The van der Waals surface area contributed by atoms with E-state index in [1.54, 1.807) is 0 Å². The molecule has 0 unspecified atom stereocenters. The first-order valence-electron chi connectivity index (χ1n) is 21.8. The average molecular weight is 797 g/mol. The van der Waals surface area contributed by atoms with Crippen molar-refractivity contribution in [1.82, 2.24) is 0 Å². The number of benzene rings is 13. The van der Waals surface area contributed by atoms with Gasteiger partial charge < -0.3 is 4.42 Å². The van der Waals surface area contributed by atoms with Gasteiger partial charge in [-0.3, -0.25) is 0 Å². The number of furan rings is 1. The van der Waals surface area contributed by atoms with Crippen molar-refractivity contribution in [2.45, 2.75) is 0 Å². The Morgan fingerprint density at radius 3 is 1.10 bits per heavy atom. The summed E-state index contributed by atoms with van der Waals surface area (Å²) in [6, 6.07) is 80.5. The molecule has 1 heterocycles. The van der Waals surface area contributed by atoms with Crippen LogP contribution in [0.5, 0.6) is 0 Å². The van der Waals surface area contributed by atoms with Crippen molar-refractivity contribution in [2.24, 2.45) is 0 Å². The van der Waals surface area contributed by atoms with Crippen LogP contribution in [0.4, 0.5) is 0 Å². The summed E-state index contributed by atoms with van der Waals surface area (Å²) in [5.41, 5.74) is 9.30. The zero-order chi connectivity index (χ0) is 41.2. The molecule has 1 nitrogen and oxygen atoms in total. The number of fused-ring (bicyclic) bond motifs is 17. The smallest absolute Gasteiger partial charge is 0.143 e. The zero-order valence-corrected chi connectivity index (χ0v) is 34.2. The molecular weight excluding hydrogens is 761 g/mol. The molecule has 0 saturated carbocycles. The molecule has 290 valence electrons. The van der Waals surface area contributed by atoms with Crippen molar-refractivity contribution in [3.8, 4) is 33.4 Å². The van der Waals surface area contributed by atoms with E-state index in [1.165, 1.54) is 120 Å². The second-order valence-electron chi connectivity index (χ2n) is 17.1. The summed E-state index contributed by atoms with van der Waals surface area (Å²) in [7, 11) is 0. The molecule has 63 heavy (non-hydrogen) atoms. The number of hydrogen-bond donors (Lipinski definition) is 0. The van der Waals surface area contributed by atoms with E-state index in [4.69, 9.17) is 4.42 Å². The van der Waals surface area contributed by atoms with Gasteiger partial charge in [0.15, 0.2) is 0 Å². The highest BCUT2D eigenvalue weighted by molar-refractivity contribution is 6.38. The predicted octanol–water partition coefficient (Wildman–Crippen LogP) is 17.8. The first kappa shape index (κ1) is 34.5. The number of hydrogen-bond acceptors (Lipinski definition) is 1. The topological polar surface area (TPSA) is 13.1 Å². The van der Waals surface area contributed by atoms with Crippen molar-refractivity contribution in [3.05, 3.63) is 218 Å². The van der Waals surface area contributed by atoms with Gasteiger partial charge in [-0.05, 0) is 139 Å². The lowest BCUT2D eigenvalue weighted by atomic mass is 9.85. The quantitative estimate of drug-likeness (QED) is 0.128. The van der Waals surface area contributed by atoms with Gasteiger partial charge >= 0.3 is 0 Å². The number of rotatable bonds is 3. The van der Waals surface area contributed by atoms with E-state index in [0.29, 0.717) is 0 Å². The van der Waals surface area contributed by atoms with Crippen LogP contribution in [0.1, 0.15) is 0 Å². The van der Waals surface area contributed by atoms with Crippen LogP contribution < -0.4 is 0 Å². The maximum absolute atomic E-state index is 7.04. The standard InChI is InChI=1S/C62H36O/c1-2-14-38-34-43(29-25-37(38)13-1)57-50-20-8-10-22-52(50)58(53-23-11-9-21-51(53)57)44-30-28-39-33-40(26-27-41(39)35-44)42-31-32-55-56(36-42)47-17-4-7-19-49(47)60-59-48-18-6-3-15-45(48)46-16-5-12-24-54(46)61(59)63-62(55)60/h1-36H. The third-order valence-electron chi connectivity index (χ3n) is 13.7. The highest BCUT2D eigenvalue weighted by atomic mass is 16.3. The van der Waals surface area contributed by atoms with Crippen molar-refractivity contribution in [1.29, 1.82) is 0 Å². The molecule has 0 amide bonds. The van der Waals surface area contributed by atoms with Gasteiger partial charge in [-0.1, -0.05) is 188 Å². The van der Waals surface area contributed by atoms with Gasteiger partial charge in [0.1, 0.15) is 11.2 Å². The minimum atomic E-state index is 0.947. The Kier molecular flexibility index (Phi) is 7.17. The molecule has 0 N–H and O–H groups in total. The van der Waals surface area contributed by atoms with Crippen LogP contribution in [0, 0.1) is 0 Å². The molecule has 0 atom stereocenters. The Morgan fingerprint density at radius 2 is 0.540 bits per heavy atom. The van der Waals surface area contributed by atoms with Crippen LogP contribution in [0.3, 0.4) is 0 Å². The minimum Gasteiger partial charge on any atom is -0.455 e. The third-order valence-corrected chi connectivity index (χ3v) is 13.7. The Hall–Kier alpha value is -8.26. The SMILES string of the molecule is c1ccc2cc(-c3c4ccccc4c(-c4ccc5cc(-c6ccc7c(c6)c6ccccc6c6c7oc7c8ccccc8c8ccccc8c76)ccc5c4)c4ccccc34)ccc2c1. The summed E-state index contributed by atoms with van der Waals surface area (Å²) >= 11 is 0. The summed E-state index contributed by atoms with van der Waals surface area (Å²) in [6.07, 6.45) is 0. The second-order valence-corrected chi connectivity index (χ2v) is 17.1. The van der Waals surface area contributed by atoms with Crippen molar-refractivity contribution < 1.29 is 4.42 Å². The van der Waals surface area contributed by atoms with E-state index in [2.05, 4.69) is 218 Å². The van der Waals surface area contributed by atoms with E-state index in [1.807, 2.05) is 0 Å². The van der Waals surface area contributed by atoms with Crippen LogP contribution in [0.15, 0.2) is 223 Å². The van der Waals surface area contributed by atoms with Crippen LogP contribution in [0.2, 0.25) is 0 Å². The Balaban J connectivity index is 0.927. The van der Waals surface area contributed by atoms with E-state index in [-0.39, 0.29) is 0 Å². The molecule has 1 aromatic heterocycles. The fourth-order valence-electron chi connectivity index (χ4n) is 10.9. The fourth-order valence-corrected chi connectivity index (χ4v) is 10.9. The molecule has 1 heteroatoms. The van der Waals surface area contributed by atoms with Gasteiger partial charge in [-0.25, -0.2) is 0 Å². The van der Waals surface area contributed by atoms with Gasteiger partial charge in [-0.15, -0.1) is 0 Å². The van der Waals surface area contributed by atoms with Crippen LogP contribution in [-0.2, 0) is 0 Å². The first-order valence-corrected chi connectivity index (χ1v) is 21.8. The van der Waals surface area contributed by atoms with Gasteiger partial charge in [0.2, 0.25) is 0 Å². The van der Waals surface area contributed by atoms with E-state index in [0.717, 1.165) is 21.9 Å². The van der Waals surface area contributed by atoms with Crippen molar-refractivity contribution in [2.75, 3.05) is 0 Å². The third kappa shape index (κ3) is 4.99. The zero-order valence-electron chi connectivity index (χ0n) is 34.2. The van der Waals surface area contributed by atoms with Crippen LogP contribution in [-0.4, -0.2) is 0 Å². The van der Waals surface area contributed by atoms with Gasteiger partial charge in [0, 0.05) is 21.5 Å². The van der Waals surface area contributed by atoms with Crippen LogP contribution >= 0.6 is 0 Å². The molecule has 0 fully saturated rings. The molecule has 14 rings (SSSR count). The normalized spacial score (nSPS) is 12.1. The summed E-state index contributed by atoms with van der Waals surface area (Å²) in [5.74, 6) is 0. The van der Waals surface area contributed by atoms with Crippen LogP contribution in [0.25, 0.3) is 141 Å². The Labute approximate surface area is 362 Å². The largest absolute Gasteiger partial charge is 0.455 e. The molecule has 14 aromatic rings. The highest BCUT2D eigenvalue weighted by Gasteiger charge is 2.21. The molecule has 0 bridgehead atoms. The lowest BCUT2D eigenvalue weighted by molar-refractivity contribution is 0.677. The first-order chi connectivity index (χ1) is 31.2. The van der Waals surface area contributed by atoms with E-state index in [9.17, 15) is 0 Å². The van der Waals surface area contributed by atoms with Gasteiger partial charge in [0.25, 0.3) is 0 Å². The van der Waals surface area contributed by atoms with E-state index < -0.39 is 0 Å². The maximum atomic E-state index is 7.04. The molecule has 0 aliphatic heterocycles. The van der Waals surface area contributed by atoms with Crippen molar-refractivity contribution >= 4 is 108 Å². The summed E-state index contributed by atoms with van der Waals surface area (Å²) in [4.78, 5) is 0. The summed E-state index contributed by atoms with van der Waals surface area (Å²) in [6.45, 7) is 0. The lowest BCUT2D eigenvalue weighted by Gasteiger charge is -2.18. The van der Waals surface area contributed by atoms with E-state index >= 15 is 0 Å². The Bertz CT molecular complexity index is 4200. The molecular formula is C62H36O. The van der Waals surface area contributed by atoms with Gasteiger partial charge in [0.05, 0.1) is 0 Å².